The summed E-state index contributed by atoms with van der Waals surface area (Å²) in [5.41, 5.74) is 9.47. The Hall–Kier alpha value is -3.68. The number of benzene rings is 2. The van der Waals surface area contributed by atoms with Gasteiger partial charge in [-0.1, -0.05) is 6.92 Å². The van der Waals surface area contributed by atoms with Gasteiger partial charge in [0.2, 0.25) is 5.82 Å². The predicted molar refractivity (Wildman–Crippen MR) is 108 cm³/mol. The number of methoxy groups -OCH3 is 1. The van der Waals surface area contributed by atoms with Crippen LogP contribution in [0.15, 0.2) is 48.9 Å². The maximum absolute atomic E-state index is 14.6. The van der Waals surface area contributed by atoms with Gasteiger partial charge in [-0.3, -0.25) is 4.40 Å². The molecular weight excluding hydrogens is 376 g/mol. The Morgan fingerprint density at radius 3 is 2.72 bits per heavy atom. The second-order valence-corrected chi connectivity index (χ2v) is 6.45. The quantitative estimate of drug-likeness (QED) is 0.484. The van der Waals surface area contributed by atoms with Gasteiger partial charge in [0, 0.05) is 29.3 Å². The lowest BCUT2D eigenvalue weighted by atomic mass is 10.1. The molecule has 0 amide bonds. The van der Waals surface area contributed by atoms with E-state index in [2.05, 4.69) is 15.3 Å². The number of nitrogen functional groups attached to an aromatic ring is 1. The van der Waals surface area contributed by atoms with Crippen molar-refractivity contribution in [3.05, 3.63) is 66.1 Å². The van der Waals surface area contributed by atoms with Crippen molar-refractivity contribution in [3.8, 4) is 17.0 Å². The summed E-state index contributed by atoms with van der Waals surface area (Å²) in [6, 6.07) is 8.47. The number of imidazole rings is 1. The Bertz CT molecular complexity index is 1210. The summed E-state index contributed by atoms with van der Waals surface area (Å²) in [4.78, 5) is 8.70. The minimum Gasteiger partial charge on any atom is -0.494 e. The average Bonchev–Trinajstić information content (AvgIpc) is 3.16. The lowest BCUT2D eigenvalue weighted by molar-refractivity contribution is 0.372. The van der Waals surface area contributed by atoms with Crippen LogP contribution in [0.5, 0.6) is 5.75 Å². The maximum atomic E-state index is 14.6. The fourth-order valence-electron chi connectivity index (χ4n) is 3.22. The maximum Gasteiger partial charge on any atom is 0.201 e. The number of ether oxygens (including phenoxy) is 1. The van der Waals surface area contributed by atoms with Crippen LogP contribution in [0.25, 0.3) is 16.9 Å². The highest BCUT2D eigenvalue weighted by atomic mass is 19.2. The Morgan fingerprint density at radius 1 is 1.14 bits per heavy atom. The highest BCUT2D eigenvalue weighted by molar-refractivity contribution is 5.75. The molecule has 2 aromatic carbocycles. The monoisotopic (exact) mass is 395 g/mol. The summed E-state index contributed by atoms with van der Waals surface area (Å²) < 4.78 is 35.2. The third kappa shape index (κ3) is 3.22. The van der Waals surface area contributed by atoms with E-state index in [0.717, 1.165) is 23.4 Å². The van der Waals surface area contributed by atoms with Crippen molar-refractivity contribution in [2.24, 2.45) is 0 Å². The number of nitrogens with two attached hydrogens (primary N) is 1. The van der Waals surface area contributed by atoms with Crippen LogP contribution in [0, 0.1) is 11.6 Å². The summed E-state index contributed by atoms with van der Waals surface area (Å²) in [5.74, 6) is -1.70. The average molecular weight is 395 g/mol. The number of anilines is 3. The molecule has 4 rings (SSSR count). The lowest BCUT2D eigenvalue weighted by Gasteiger charge is -2.11. The van der Waals surface area contributed by atoms with Gasteiger partial charge in [0.1, 0.15) is 0 Å². The van der Waals surface area contributed by atoms with E-state index in [1.807, 2.05) is 25.1 Å². The highest BCUT2D eigenvalue weighted by Gasteiger charge is 2.19. The number of hydrogen-bond donors (Lipinski definition) is 2. The Balaban J connectivity index is 1.77. The van der Waals surface area contributed by atoms with E-state index >= 15 is 0 Å². The van der Waals surface area contributed by atoms with Gasteiger partial charge in [0.25, 0.3) is 0 Å². The molecule has 0 saturated heterocycles. The minimum absolute atomic E-state index is 0.0775. The van der Waals surface area contributed by atoms with Crippen molar-refractivity contribution < 1.29 is 13.5 Å². The molecule has 0 aliphatic rings. The molecule has 0 aliphatic heterocycles. The molecule has 3 N–H and O–H groups in total. The summed E-state index contributed by atoms with van der Waals surface area (Å²) >= 11 is 0. The smallest absolute Gasteiger partial charge is 0.201 e. The molecular formula is C21H19F2N5O. The second kappa shape index (κ2) is 7.38. The Morgan fingerprint density at radius 2 is 1.97 bits per heavy atom. The zero-order valence-corrected chi connectivity index (χ0v) is 15.9. The second-order valence-electron chi connectivity index (χ2n) is 6.45. The molecule has 0 aliphatic carbocycles. The van der Waals surface area contributed by atoms with Crippen molar-refractivity contribution in [1.82, 2.24) is 14.4 Å². The first-order valence-electron chi connectivity index (χ1n) is 9.03. The number of aryl methyl sites for hydroxylation is 1. The van der Waals surface area contributed by atoms with E-state index in [4.69, 9.17) is 10.5 Å². The number of fused-ring (bicyclic) bond motifs is 1. The number of nitrogens with one attached hydrogen (secondary N) is 1. The van der Waals surface area contributed by atoms with Crippen LogP contribution >= 0.6 is 0 Å². The summed E-state index contributed by atoms with van der Waals surface area (Å²) in [5, 5.41) is 3.22. The molecule has 0 fully saturated rings. The van der Waals surface area contributed by atoms with Crippen LogP contribution in [0.2, 0.25) is 0 Å². The first kappa shape index (κ1) is 18.7. The first-order chi connectivity index (χ1) is 14.0. The fraction of sp³-hybridized carbons (Fsp3) is 0.143. The Labute approximate surface area is 166 Å². The topological polar surface area (TPSA) is 77.5 Å². The van der Waals surface area contributed by atoms with Gasteiger partial charge < -0.3 is 15.8 Å². The van der Waals surface area contributed by atoms with Crippen LogP contribution in [0.4, 0.5) is 26.0 Å². The predicted octanol–water partition coefficient (Wildman–Crippen LogP) is 4.57. The Kier molecular flexibility index (Phi) is 4.75. The summed E-state index contributed by atoms with van der Waals surface area (Å²) in [7, 11) is 1.29. The van der Waals surface area contributed by atoms with Crippen LogP contribution in [0.1, 0.15) is 12.5 Å². The molecule has 148 valence electrons. The van der Waals surface area contributed by atoms with Crippen molar-refractivity contribution >= 4 is 22.8 Å². The molecule has 29 heavy (non-hydrogen) atoms. The third-order valence-electron chi connectivity index (χ3n) is 4.76. The van der Waals surface area contributed by atoms with Crippen LogP contribution < -0.4 is 15.8 Å². The van der Waals surface area contributed by atoms with E-state index < -0.39 is 11.6 Å². The van der Waals surface area contributed by atoms with E-state index in [0.29, 0.717) is 17.2 Å². The summed E-state index contributed by atoms with van der Waals surface area (Å²) in [6.07, 6.45) is 5.49. The number of hydrogen-bond acceptors (Lipinski definition) is 5. The van der Waals surface area contributed by atoms with Crippen LogP contribution in [-0.4, -0.2) is 21.5 Å². The number of aromatic nitrogens is 3. The number of nitrogens with zero attached hydrogens (tertiary/aromatic N) is 3. The van der Waals surface area contributed by atoms with Gasteiger partial charge in [0.05, 0.1) is 19.0 Å². The van der Waals surface area contributed by atoms with Gasteiger partial charge in [-0.05, 0) is 42.3 Å². The van der Waals surface area contributed by atoms with Crippen LogP contribution in [-0.2, 0) is 6.42 Å². The largest absolute Gasteiger partial charge is 0.494 e. The van der Waals surface area contributed by atoms with Crippen molar-refractivity contribution in [1.29, 1.82) is 0 Å². The van der Waals surface area contributed by atoms with Gasteiger partial charge >= 0.3 is 0 Å². The van der Waals surface area contributed by atoms with Gasteiger partial charge in [-0.25, -0.2) is 14.4 Å². The van der Waals surface area contributed by atoms with Gasteiger partial charge in [-0.15, -0.1) is 0 Å². The number of halogens is 2. The zero-order valence-electron chi connectivity index (χ0n) is 15.9. The molecule has 6 nitrogen and oxygen atoms in total. The molecule has 0 radical (unpaired) electrons. The van der Waals surface area contributed by atoms with Crippen molar-refractivity contribution in [2.45, 2.75) is 13.3 Å². The highest BCUT2D eigenvalue weighted by Crippen LogP contribution is 2.31. The molecule has 0 bridgehead atoms. The van der Waals surface area contributed by atoms with Gasteiger partial charge in [-0.2, -0.15) is 4.39 Å². The molecule has 0 saturated carbocycles. The van der Waals surface area contributed by atoms with E-state index in [-0.39, 0.29) is 11.3 Å². The number of rotatable bonds is 5. The van der Waals surface area contributed by atoms with E-state index in [9.17, 15) is 8.78 Å². The van der Waals surface area contributed by atoms with E-state index in [1.165, 1.54) is 25.4 Å². The molecule has 0 unspecified atom stereocenters. The molecule has 2 heterocycles. The van der Waals surface area contributed by atoms with E-state index in [1.54, 1.807) is 16.8 Å². The lowest BCUT2D eigenvalue weighted by Crippen LogP contribution is -2.01. The van der Waals surface area contributed by atoms with Crippen LogP contribution in [0.3, 0.4) is 0 Å². The molecule has 8 heteroatoms. The normalized spacial score (nSPS) is 11.0. The van der Waals surface area contributed by atoms with Crippen molar-refractivity contribution in [2.75, 3.05) is 18.2 Å². The fourth-order valence-corrected chi connectivity index (χ4v) is 3.22. The van der Waals surface area contributed by atoms with Gasteiger partial charge in [0.15, 0.2) is 23.0 Å². The SMILES string of the molecule is CCc1cc(Nc2nccn3c(-c4ccc(OC)c(F)c4F)cnc23)ccc1N. The van der Waals surface area contributed by atoms with Crippen molar-refractivity contribution in [3.63, 3.8) is 0 Å². The molecule has 0 atom stereocenters. The third-order valence-corrected chi connectivity index (χ3v) is 4.76. The molecule has 4 aromatic rings. The molecule has 2 aromatic heterocycles. The molecule has 0 spiro atoms. The standard InChI is InChI=1S/C21H19F2N5O/c1-3-12-10-13(4-6-15(12)24)27-20-21-26-11-16(28(21)9-8-25-20)14-5-7-17(29-2)19(23)18(14)22/h4-11H,3,24H2,1-2H3,(H,25,27). The zero-order chi connectivity index (χ0) is 20.5. The first-order valence-corrected chi connectivity index (χ1v) is 9.03. The minimum atomic E-state index is -1.04. The summed E-state index contributed by atoms with van der Waals surface area (Å²) in [6.45, 7) is 2.03.